The van der Waals surface area contributed by atoms with Gasteiger partial charge in [0.1, 0.15) is 12.2 Å². The van der Waals surface area contributed by atoms with Gasteiger partial charge in [0.25, 0.3) is 0 Å². The fraction of sp³-hybridized carbons (Fsp3) is 0.978. The maximum atomic E-state index is 13.2. The van der Waals surface area contributed by atoms with E-state index < -0.39 is 24.1 Å². The van der Waals surface area contributed by atoms with E-state index in [9.17, 15) is 20.1 Å². The van der Waals surface area contributed by atoms with Gasteiger partial charge in [-0.2, -0.15) is 0 Å². The molecule has 302 valence electrons. The molecule has 5 rings (SSSR count). The minimum atomic E-state index is -1.27. The van der Waals surface area contributed by atoms with Crippen LogP contribution in [0.4, 0.5) is 0 Å². The molecule has 1 saturated heterocycles. The monoisotopic (exact) mass is 731 g/mol. The Bertz CT molecular complexity index is 1150. The molecule has 0 amide bonds. The first-order valence-electron chi connectivity index (χ1n) is 22.4. The van der Waals surface area contributed by atoms with E-state index >= 15 is 0 Å². The molecule has 3 N–H and O–H groups in total. The number of fused-ring (bicyclic) bond motifs is 5. The van der Waals surface area contributed by atoms with Gasteiger partial charge in [-0.15, -0.1) is 0 Å². The normalized spacial score (nSPS) is 40.5. The van der Waals surface area contributed by atoms with E-state index in [2.05, 4.69) is 41.5 Å². The maximum absolute atomic E-state index is 13.2. The minimum Gasteiger partial charge on any atom is -0.462 e. The van der Waals surface area contributed by atoms with Crippen LogP contribution in [0.2, 0.25) is 0 Å². The van der Waals surface area contributed by atoms with Crippen LogP contribution in [-0.4, -0.2) is 51.5 Å². The first kappa shape index (κ1) is 42.5. The van der Waals surface area contributed by atoms with Crippen LogP contribution in [0.15, 0.2) is 0 Å². The zero-order valence-electron chi connectivity index (χ0n) is 35.0. The van der Waals surface area contributed by atoms with Crippen LogP contribution >= 0.6 is 0 Å². The van der Waals surface area contributed by atoms with E-state index in [1.165, 1.54) is 96.3 Å². The Morgan fingerprint density at radius 2 is 1.29 bits per heavy atom. The highest BCUT2D eigenvalue weighted by atomic mass is 16.6. The first-order valence-corrected chi connectivity index (χ1v) is 22.4. The number of hydrogen-bond donors (Lipinski definition) is 3. The van der Waals surface area contributed by atoms with Crippen molar-refractivity contribution in [3.63, 3.8) is 0 Å². The van der Waals surface area contributed by atoms with Crippen LogP contribution in [0.1, 0.15) is 203 Å². The highest BCUT2D eigenvalue weighted by Gasteiger charge is 2.69. The van der Waals surface area contributed by atoms with Crippen molar-refractivity contribution in [3.8, 4) is 0 Å². The molecule has 4 saturated carbocycles. The number of unbranched alkanes of at least 4 members (excludes halogenated alkanes) is 12. The second-order valence-corrected chi connectivity index (χ2v) is 20.8. The van der Waals surface area contributed by atoms with Gasteiger partial charge in [0.15, 0.2) is 6.29 Å². The largest absolute Gasteiger partial charge is 0.462 e. The first-order chi connectivity index (χ1) is 24.5. The van der Waals surface area contributed by atoms with E-state index in [4.69, 9.17) is 9.47 Å². The van der Waals surface area contributed by atoms with Gasteiger partial charge >= 0.3 is 5.97 Å². The molecular weight excluding hydrogens is 648 g/mol. The zero-order chi connectivity index (χ0) is 38.0. The molecule has 2 unspecified atom stereocenters. The molecule has 6 nitrogen and oxygen atoms in total. The Labute approximate surface area is 319 Å². The summed E-state index contributed by atoms with van der Waals surface area (Å²) in [4.78, 5) is 13.2. The summed E-state index contributed by atoms with van der Waals surface area (Å²) in [6.45, 7) is 18.0. The number of rotatable bonds is 18. The molecule has 6 heteroatoms. The molecule has 5 aliphatic rings. The fourth-order valence-electron chi connectivity index (χ4n) is 13.7. The van der Waals surface area contributed by atoms with Crippen molar-refractivity contribution in [1.82, 2.24) is 0 Å². The van der Waals surface area contributed by atoms with Crippen molar-refractivity contribution >= 4 is 5.97 Å². The van der Waals surface area contributed by atoms with Crippen LogP contribution < -0.4 is 0 Å². The summed E-state index contributed by atoms with van der Waals surface area (Å²) in [5.74, 6) is 2.22. The average Bonchev–Trinajstić information content (AvgIpc) is 3.59. The highest BCUT2D eigenvalue weighted by molar-refractivity contribution is 5.69. The van der Waals surface area contributed by atoms with E-state index in [0.717, 1.165) is 38.5 Å². The Kier molecular flexibility index (Phi) is 14.0. The molecule has 0 aromatic rings. The van der Waals surface area contributed by atoms with Crippen molar-refractivity contribution in [3.05, 3.63) is 0 Å². The van der Waals surface area contributed by atoms with E-state index in [1.54, 1.807) is 13.8 Å². The Balaban J connectivity index is 1.10. The van der Waals surface area contributed by atoms with Crippen molar-refractivity contribution in [2.75, 3.05) is 0 Å². The Morgan fingerprint density at radius 1 is 0.750 bits per heavy atom. The number of hydrogen-bond acceptors (Lipinski definition) is 6. The molecular formula is C46H82O6. The molecule has 0 aromatic heterocycles. The smallest absolute Gasteiger partial charge is 0.306 e. The van der Waals surface area contributed by atoms with Gasteiger partial charge < -0.3 is 24.8 Å². The van der Waals surface area contributed by atoms with Crippen LogP contribution in [0, 0.1) is 51.2 Å². The second kappa shape index (κ2) is 17.2. The molecule has 1 aliphatic heterocycles. The van der Waals surface area contributed by atoms with E-state index in [-0.39, 0.29) is 39.7 Å². The lowest BCUT2D eigenvalue weighted by molar-refractivity contribution is -0.213. The number of aliphatic hydroxyl groups excluding tert-OH is 2. The summed E-state index contributed by atoms with van der Waals surface area (Å²) in [6, 6.07) is 0. The van der Waals surface area contributed by atoms with Gasteiger partial charge in [-0.3, -0.25) is 4.79 Å². The summed E-state index contributed by atoms with van der Waals surface area (Å²) < 4.78 is 12.3. The molecule has 0 bridgehead atoms. The quantitative estimate of drug-likeness (QED) is 0.0960. The molecule has 0 spiro atoms. The summed E-state index contributed by atoms with van der Waals surface area (Å²) in [5, 5.41) is 32.5. The van der Waals surface area contributed by atoms with Gasteiger partial charge in [0, 0.05) is 17.8 Å². The van der Waals surface area contributed by atoms with Crippen LogP contribution in [-0.2, 0) is 14.3 Å². The summed E-state index contributed by atoms with van der Waals surface area (Å²) >= 11 is 0. The topological polar surface area (TPSA) is 96.2 Å². The van der Waals surface area contributed by atoms with Gasteiger partial charge in [0.05, 0.1) is 11.7 Å². The second-order valence-electron chi connectivity index (χ2n) is 20.8. The van der Waals surface area contributed by atoms with Crippen molar-refractivity contribution in [1.29, 1.82) is 0 Å². The molecule has 52 heavy (non-hydrogen) atoms. The minimum absolute atomic E-state index is 0.00736. The summed E-state index contributed by atoms with van der Waals surface area (Å²) in [5.41, 5.74) is -0.758. The lowest BCUT2D eigenvalue weighted by Gasteiger charge is -2.67. The maximum Gasteiger partial charge on any atom is 0.306 e. The third-order valence-electron chi connectivity index (χ3n) is 17.0. The Hall–Kier alpha value is -0.690. The van der Waals surface area contributed by atoms with E-state index in [0.29, 0.717) is 36.5 Å². The van der Waals surface area contributed by atoms with Gasteiger partial charge in [0.2, 0.25) is 0 Å². The third-order valence-corrected chi connectivity index (χ3v) is 17.0. The molecule has 0 radical (unpaired) electrons. The van der Waals surface area contributed by atoms with Crippen molar-refractivity contribution < 1.29 is 29.6 Å². The average molecular weight is 731 g/mol. The van der Waals surface area contributed by atoms with Crippen LogP contribution in [0.3, 0.4) is 0 Å². The molecule has 12 atom stereocenters. The molecule has 4 aliphatic carbocycles. The standard InChI is InChI=1S/C46H82O6/c1-9-10-11-12-13-14-15-16-17-18-19-20-21-22-39(47)52-38-27-28-44(6)34-26-30-45(7)33(32-31-36(51-41(32)49)40(48)43(4,5)50)25-29-46(45,8)35(34)23-24-37(44)42(38,2)3/h32-38,40-41,48-50H,9-31H2,1-8H3/t32-,33+,34+,35?,36+,37+,38-,40-,41?,44-,45-,46-/m0/s1. The number of aliphatic hydroxyl groups is 3. The predicted octanol–water partition coefficient (Wildman–Crippen LogP) is 10.9. The SMILES string of the molecule is CCCCCCCCCCCCCCCC(=O)O[C@H]1CC[C@@]2(C)[C@@H]3CC[C@@]4(C)[C@@H]([C@@H]5C[C@H]([C@H](O)C(C)(C)O)OC5O)CC[C@@]4(C)C3CC[C@@H]2C1(C)C. The summed E-state index contributed by atoms with van der Waals surface area (Å²) in [7, 11) is 0. The zero-order valence-corrected chi connectivity index (χ0v) is 35.0. The number of carbonyl (C=O) groups is 1. The Morgan fingerprint density at radius 3 is 1.87 bits per heavy atom. The van der Waals surface area contributed by atoms with Crippen LogP contribution in [0.25, 0.3) is 0 Å². The summed E-state index contributed by atoms with van der Waals surface area (Å²) in [6.07, 6.45) is 25.0. The molecule has 5 fully saturated rings. The molecule has 0 aromatic carbocycles. The van der Waals surface area contributed by atoms with Crippen molar-refractivity contribution in [2.45, 2.75) is 233 Å². The van der Waals surface area contributed by atoms with Gasteiger partial charge in [-0.25, -0.2) is 0 Å². The number of ether oxygens (including phenoxy) is 2. The lowest BCUT2D eigenvalue weighted by atomic mass is 9.38. The molecule has 1 heterocycles. The van der Waals surface area contributed by atoms with E-state index in [1.807, 2.05) is 0 Å². The van der Waals surface area contributed by atoms with Crippen molar-refractivity contribution in [2.24, 2.45) is 51.2 Å². The third kappa shape index (κ3) is 8.51. The van der Waals surface area contributed by atoms with Crippen LogP contribution in [0.5, 0.6) is 0 Å². The van der Waals surface area contributed by atoms with Gasteiger partial charge in [-0.05, 0) is 118 Å². The fourth-order valence-corrected chi connectivity index (χ4v) is 13.7. The van der Waals surface area contributed by atoms with Gasteiger partial charge in [-0.1, -0.05) is 119 Å². The lowest BCUT2D eigenvalue weighted by Crippen LogP contribution is -2.62. The number of esters is 1. The number of carbonyl (C=O) groups excluding carboxylic acids is 1. The highest BCUT2D eigenvalue weighted by Crippen LogP contribution is 2.75. The predicted molar refractivity (Wildman–Crippen MR) is 210 cm³/mol.